The fourth-order valence-corrected chi connectivity index (χ4v) is 4.41. The molecule has 2 N–H and O–H groups in total. The van der Waals surface area contributed by atoms with Crippen LogP contribution >= 0.6 is 22.9 Å². The zero-order valence-corrected chi connectivity index (χ0v) is 18.4. The van der Waals surface area contributed by atoms with E-state index in [1.165, 1.54) is 24.3 Å². The Morgan fingerprint density at radius 3 is 2.58 bits per heavy atom. The lowest BCUT2D eigenvalue weighted by molar-refractivity contribution is -0.384. The lowest BCUT2D eigenvalue weighted by Crippen LogP contribution is -2.25. The molecule has 1 heterocycles. The van der Waals surface area contributed by atoms with Crippen LogP contribution in [0, 0.1) is 17.0 Å². The maximum atomic E-state index is 12.3. The number of aryl methyl sites for hydroxylation is 1. The molecule has 1 amide bonds. The van der Waals surface area contributed by atoms with Gasteiger partial charge in [0, 0.05) is 24.6 Å². The number of rotatable bonds is 8. The summed E-state index contributed by atoms with van der Waals surface area (Å²) in [6.07, 6.45) is 0.269. The van der Waals surface area contributed by atoms with Crippen molar-refractivity contribution >= 4 is 49.7 Å². The number of anilines is 1. The molecule has 0 bridgehead atoms. The number of nitrogens with one attached hydrogen (secondary N) is 2. The molecule has 0 aliphatic rings. The van der Waals surface area contributed by atoms with Gasteiger partial charge >= 0.3 is 0 Å². The summed E-state index contributed by atoms with van der Waals surface area (Å²) in [4.78, 5) is 22.7. The van der Waals surface area contributed by atoms with Gasteiger partial charge < -0.3 is 0 Å². The van der Waals surface area contributed by atoms with Crippen molar-refractivity contribution in [1.82, 2.24) is 14.9 Å². The monoisotopic (exact) mass is 481 g/mol. The molecule has 3 aromatic rings. The van der Waals surface area contributed by atoms with E-state index in [1.54, 1.807) is 12.1 Å². The first-order valence-electron chi connectivity index (χ1n) is 8.80. The van der Waals surface area contributed by atoms with Crippen LogP contribution in [0.3, 0.4) is 0 Å². The van der Waals surface area contributed by atoms with Crippen molar-refractivity contribution in [2.75, 3.05) is 11.9 Å². The van der Waals surface area contributed by atoms with Crippen molar-refractivity contribution in [3.8, 4) is 0 Å². The average Bonchev–Trinajstić information content (AvgIpc) is 3.15. The van der Waals surface area contributed by atoms with Crippen molar-refractivity contribution < 1.29 is 18.1 Å². The van der Waals surface area contributed by atoms with E-state index >= 15 is 0 Å². The van der Waals surface area contributed by atoms with Gasteiger partial charge in [-0.3, -0.25) is 20.2 Å². The van der Waals surface area contributed by atoms with Gasteiger partial charge in [-0.1, -0.05) is 40.6 Å². The summed E-state index contributed by atoms with van der Waals surface area (Å²) in [7, 11) is -3.64. The molecule has 0 saturated carbocycles. The first-order chi connectivity index (χ1) is 14.7. The summed E-state index contributed by atoms with van der Waals surface area (Å²) >= 11 is 6.81. The number of hydrogen-bond donors (Lipinski definition) is 2. The number of sulfonamides is 1. The summed E-state index contributed by atoms with van der Waals surface area (Å²) in [5.41, 5.74) is 0.613. The van der Waals surface area contributed by atoms with Gasteiger partial charge in [-0.2, -0.15) is 0 Å². The Hall–Kier alpha value is -2.93. The summed E-state index contributed by atoms with van der Waals surface area (Å²) < 4.78 is 27.1. The van der Waals surface area contributed by atoms with E-state index in [4.69, 9.17) is 11.6 Å². The molecule has 0 saturated heterocycles. The van der Waals surface area contributed by atoms with Crippen molar-refractivity contribution in [2.24, 2.45) is 0 Å². The minimum Gasteiger partial charge on any atom is -0.296 e. The van der Waals surface area contributed by atoms with Gasteiger partial charge in [0.2, 0.25) is 15.2 Å². The van der Waals surface area contributed by atoms with Crippen LogP contribution in [-0.4, -0.2) is 36.0 Å². The smallest absolute Gasteiger partial charge is 0.288 e. The number of carbonyl (C=O) groups is 1. The van der Waals surface area contributed by atoms with E-state index < -0.39 is 20.9 Å². The SMILES string of the molecule is Cc1ccc(S(=O)(=O)NCCc2nnc(NC(=O)c3ccc(Cl)c([N+](=O)[O-])c3)s2)cc1. The molecule has 0 atom stereocenters. The van der Waals surface area contributed by atoms with Crippen molar-refractivity contribution in [3.63, 3.8) is 0 Å². The highest BCUT2D eigenvalue weighted by Crippen LogP contribution is 2.26. The van der Waals surface area contributed by atoms with Crippen LogP contribution in [0.1, 0.15) is 20.9 Å². The Morgan fingerprint density at radius 2 is 1.90 bits per heavy atom. The number of carbonyl (C=O) groups excluding carboxylic acids is 1. The van der Waals surface area contributed by atoms with Crippen LogP contribution in [0.4, 0.5) is 10.8 Å². The molecule has 31 heavy (non-hydrogen) atoms. The van der Waals surface area contributed by atoms with Crippen LogP contribution in [0.25, 0.3) is 0 Å². The molecule has 0 aliphatic heterocycles. The molecule has 0 spiro atoms. The van der Waals surface area contributed by atoms with Crippen LogP contribution in [-0.2, 0) is 16.4 Å². The van der Waals surface area contributed by atoms with Crippen molar-refractivity contribution in [3.05, 3.63) is 73.7 Å². The third kappa shape index (κ3) is 5.82. The molecule has 0 radical (unpaired) electrons. The van der Waals surface area contributed by atoms with Gasteiger partial charge in [-0.15, -0.1) is 10.2 Å². The van der Waals surface area contributed by atoms with Crippen molar-refractivity contribution in [1.29, 1.82) is 0 Å². The van der Waals surface area contributed by atoms with Crippen LogP contribution in [0.2, 0.25) is 5.02 Å². The lowest BCUT2D eigenvalue weighted by atomic mass is 10.2. The highest BCUT2D eigenvalue weighted by molar-refractivity contribution is 7.89. The number of nitrogens with zero attached hydrogens (tertiary/aromatic N) is 3. The molecule has 0 aliphatic carbocycles. The van der Waals surface area contributed by atoms with Gasteiger partial charge in [0.25, 0.3) is 11.6 Å². The standard InChI is InChI=1S/C18H16ClN5O5S2/c1-11-2-5-13(6-3-11)31(28,29)20-9-8-16-22-23-18(30-16)21-17(25)12-4-7-14(19)15(10-12)24(26)27/h2-7,10,20H,8-9H2,1H3,(H,21,23,25). The van der Waals surface area contributed by atoms with Gasteiger partial charge in [-0.05, 0) is 31.2 Å². The molecule has 0 fully saturated rings. The Labute approximate surface area is 186 Å². The predicted molar refractivity (Wildman–Crippen MR) is 116 cm³/mol. The number of amides is 1. The second-order valence-electron chi connectivity index (χ2n) is 6.34. The van der Waals surface area contributed by atoms with E-state index in [-0.39, 0.29) is 39.3 Å². The minimum atomic E-state index is -3.64. The molecule has 3 rings (SSSR count). The normalized spacial score (nSPS) is 11.3. The number of hydrogen-bond acceptors (Lipinski definition) is 8. The summed E-state index contributed by atoms with van der Waals surface area (Å²) in [5, 5.41) is 21.8. The van der Waals surface area contributed by atoms with Gasteiger partial charge in [0.15, 0.2) is 0 Å². The average molecular weight is 482 g/mol. The Morgan fingerprint density at radius 1 is 1.19 bits per heavy atom. The fraction of sp³-hybridized carbons (Fsp3) is 0.167. The fourth-order valence-electron chi connectivity index (χ4n) is 2.46. The van der Waals surface area contributed by atoms with Gasteiger partial charge in [-0.25, -0.2) is 13.1 Å². The molecule has 0 unspecified atom stereocenters. The Balaban J connectivity index is 1.58. The molecule has 162 valence electrons. The minimum absolute atomic E-state index is 0.0405. The second-order valence-corrected chi connectivity index (χ2v) is 9.58. The highest BCUT2D eigenvalue weighted by atomic mass is 35.5. The maximum Gasteiger partial charge on any atom is 0.288 e. The van der Waals surface area contributed by atoms with Crippen LogP contribution in [0.15, 0.2) is 47.4 Å². The summed E-state index contributed by atoms with van der Waals surface area (Å²) in [6.45, 7) is 1.96. The number of nitro groups is 1. The molecule has 10 nitrogen and oxygen atoms in total. The van der Waals surface area contributed by atoms with Crippen LogP contribution < -0.4 is 10.0 Å². The van der Waals surface area contributed by atoms with E-state index in [0.717, 1.165) is 23.0 Å². The third-order valence-corrected chi connectivity index (χ3v) is 6.75. The number of aromatic nitrogens is 2. The van der Waals surface area contributed by atoms with Gasteiger partial charge in [0.05, 0.1) is 9.82 Å². The van der Waals surface area contributed by atoms with E-state index in [1.807, 2.05) is 6.92 Å². The topological polar surface area (TPSA) is 144 Å². The number of nitro benzene ring substituents is 1. The Kier molecular flexibility index (Phi) is 6.95. The molecule has 2 aromatic carbocycles. The number of benzene rings is 2. The Bertz CT molecular complexity index is 1230. The quantitative estimate of drug-likeness (QED) is 0.371. The zero-order chi connectivity index (χ0) is 22.6. The second kappa shape index (κ2) is 9.47. The molecule has 13 heteroatoms. The summed E-state index contributed by atoms with van der Waals surface area (Å²) in [6, 6.07) is 10.2. The molecule has 1 aromatic heterocycles. The van der Waals surface area contributed by atoms with Crippen LogP contribution in [0.5, 0.6) is 0 Å². The van der Waals surface area contributed by atoms with Gasteiger partial charge in [0.1, 0.15) is 10.0 Å². The maximum absolute atomic E-state index is 12.3. The molecular formula is C18H16ClN5O5S2. The molecular weight excluding hydrogens is 466 g/mol. The van der Waals surface area contributed by atoms with E-state index in [9.17, 15) is 23.3 Å². The first-order valence-corrected chi connectivity index (χ1v) is 11.5. The lowest BCUT2D eigenvalue weighted by Gasteiger charge is -2.05. The third-order valence-electron chi connectivity index (χ3n) is 4.05. The summed E-state index contributed by atoms with van der Waals surface area (Å²) in [5.74, 6) is -0.609. The van der Waals surface area contributed by atoms with E-state index in [2.05, 4.69) is 20.2 Å². The largest absolute Gasteiger partial charge is 0.296 e. The van der Waals surface area contributed by atoms with Crippen molar-refractivity contribution in [2.45, 2.75) is 18.2 Å². The zero-order valence-electron chi connectivity index (χ0n) is 16.0. The van der Waals surface area contributed by atoms with E-state index in [0.29, 0.717) is 5.01 Å². The predicted octanol–water partition coefficient (Wildman–Crippen LogP) is 3.18. The number of halogens is 1. The first kappa shape index (κ1) is 22.7. The highest BCUT2D eigenvalue weighted by Gasteiger charge is 2.18.